The lowest BCUT2D eigenvalue weighted by Gasteiger charge is -2.09. The quantitative estimate of drug-likeness (QED) is 0.760. The first kappa shape index (κ1) is 13.7. The highest BCUT2D eigenvalue weighted by Gasteiger charge is 2.08. The Morgan fingerprint density at radius 2 is 2.16 bits per heavy atom. The topological polar surface area (TPSA) is 61.4 Å². The van der Waals surface area contributed by atoms with Gasteiger partial charge in [-0.3, -0.25) is 10.1 Å². The standard InChI is InChI=1S/C13H12N2O2S2/c16-8-9-3-1-4-10(7-9)14-13(18)15-12(17)11-5-2-6-19-11/h1-7,16H,8H2,(H2,14,15,17,18). The number of thiocarbonyl (C=S) groups is 1. The predicted molar refractivity (Wildman–Crippen MR) is 80.4 cm³/mol. The van der Waals surface area contributed by atoms with Crippen LogP contribution >= 0.6 is 23.6 Å². The summed E-state index contributed by atoms with van der Waals surface area (Å²) in [5.74, 6) is -0.231. The van der Waals surface area contributed by atoms with E-state index in [0.29, 0.717) is 4.88 Å². The van der Waals surface area contributed by atoms with Crippen LogP contribution in [0.3, 0.4) is 0 Å². The number of aliphatic hydroxyl groups is 1. The zero-order valence-corrected chi connectivity index (χ0v) is 11.6. The molecule has 19 heavy (non-hydrogen) atoms. The molecular weight excluding hydrogens is 280 g/mol. The number of carbonyl (C=O) groups is 1. The molecule has 1 aromatic carbocycles. The minimum Gasteiger partial charge on any atom is -0.392 e. The molecule has 0 spiro atoms. The molecule has 0 unspecified atom stereocenters. The molecule has 6 heteroatoms. The molecule has 1 amide bonds. The van der Waals surface area contributed by atoms with E-state index in [1.54, 1.807) is 30.3 Å². The zero-order valence-electron chi connectivity index (χ0n) is 9.92. The molecule has 1 heterocycles. The van der Waals surface area contributed by atoms with Gasteiger partial charge in [-0.05, 0) is 41.4 Å². The average Bonchev–Trinajstić information content (AvgIpc) is 2.92. The molecule has 98 valence electrons. The Morgan fingerprint density at radius 3 is 2.84 bits per heavy atom. The highest BCUT2D eigenvalue weighted by Crippen LogP contribution is 2.11. The molecule has 0 atom stereocenters. The van der Waals surface area contributed by atoms with E-state index in [1.807, 2.05) is 11.4 Å². The number of hydrogen-bond acceptors (Lipinski definition) is 4. The van der Waals surface area contributed by atoms with Crippen LogP contribution in [0.25, 0.3) is 0 Å². The van der Waals surface area contributed by atoms with Crippen LogP contribution in [0.1, 0.15) is 15.2 Å². The normalized spacial score (nSPS) is 9.95. The number of anilines is 1. The lowest BCUT2D eigenvalue weighted by molar-refractivity contribution is 0.0981. The summed E-state index contributed by atoms with van der Waals surface area (Å²) in [5, 5.41) is 16.6. The number of hydrogen-bond donors (Lipinski definition) is 3. The molecule has 0 fully saturated rings. The minimum atomic E-state index is -0.231. The molecule has 0 aliphatic carbocycles. The van der Waals surface area contributed by atoms with Crippen molar-refractivity contribution < 1.29 is 9.90 Å². The Balaban J connectivity index is 1.95. The maximum atomic E-state index is 11.8. The van der Waals surface area contributed by atoms with Crippen molar-refractivity contribution in [2.24, 2.45) is 0 Å². The first-order valence-corrected chi connectivity index (χ1v) is 6.83. The number of nitrogens with one attached hydrogen (secondary N) is 2. The van der Waals surface area contributed by atoms with Gasteiger partial charge in [-0.15, -0.1) is 11.3 Å². The van der Waals surface area contributed by atoms with Crippen LogP contribution < -0.4 is 10.6 Å². The molecule has 0 saturated carbocycles. The molecular formula is C13H12N2O2S2. The highest BCUT2D eigenvalue weighted by atomic mass is 32.1. The molecule has 0 radical (unpaired) electrons. The van der Waals surface area contributed by atoms with Crippen LogP contribution in [-0.4, -0.2) is 16.1 Å². The molecule has 4 nitrogen and oxygen atoms in total. The maximum absolute atomic E-state index is 11.8. The van der Waals surface area contributed by atoms with Gasteiger partial charge in [-0.1, -0.05) is 18.2 Å². The number of amides is 1. The fraction of sp³-hybridized carbons (Fsp3) is 0.0769. The van der Waals surface area contributed by atoms with Crippen molar-refractivity contribution in [2.75, 3.05) is 5.32 Å². The summed E-state index contributed by atoms with van der Waals surface area (Å²) in [7, 11) is 0. The zero-order chi connectivity index (χ0) is 13.7. The fourth-order valence-electron chi connectivity index (χ4n) is 1.48. The Kier molecular flexibility index (Phi) is 4.62. The number of benzene rings is 1. The van der Waals surface area contributed by atoms with Crippen molar-refractivity contribution in [3.8, 4) is 0 Å². The average molecular weight is 292 g/mol. The van der Waals surface area contributed by atoms with Crippen molar-refractivity contribution in [3.63, 3.8) is 0 Å². The molecule has 0 bridgehead atoms. The van der Waals surface area contributed by atoms with Crippen molar-refractivity contribution >= 4 is 40.3 Å². The van der Waals surface area contributed by atoms with E-state index in [1.165, 1.54) is 11.3 Å². The molecule has 2 rings (SSSR count). The second-order valence-electron chi connectivity index (χ2n) is 3.74. The first-order chi connectivity index (χ1) is 9.19. The van der Waals surface area contributed by atoms with Crippen LogP contribution in [0.15, 0.2) is 41.8 Å². The van der Waals surface area contributed by atoms with Gasteiger partial charge in [0.05, 0.1) is 11.5 Å². The largest absolute Gasteiger partial charge is 0.392 e. The predicted octanol–water partition coefficient (Wildman–Crippen LogP) is 2.37. The van der Waals surface area contributed by atoms with Crippen molar-refractivity contribution in [2.45, 2.75) is 6.61 Å². The van der Waals surface area contributed by atoms with Crippen LogP contribution in [0.2, 0.25) is 0 Å². The second kappa shape index (κ2) is 6.42. The van der Waals surface area contributed by atoms with Gasteiger partial charge in [0.15, 0.2) is 5.11 Å². The van der Waals surface area contributed by atoms with Crippen LogP contribution in [-0.2, 0) is 6.61 Å². The lowest BCUT2D eigenvalue weighted by atomic mass is 10.2. The monoisotopic (exact) mass is 292 g/mol. The van der Waals surface area contributed by atoms with Gasteiger partial charge in [0.25, 0.3) is 5.91 Å². The Bertz CT molecular complexity index is 582. The van der Waals surface area contributed by atoms with Gasteiger partial charge >= 0.3 is 0 Å². The minimum absolute atomic E-state index is 0.0379. The molecule has 1 aromatic heterocycles. The SMILES string of the molecule is O=C(NC(=S)Nc1cccc(CO)c1)c1cccs1. The molecule has 0 aliphatic rings. The summed E-state index contributed by atoms with van der Waals surface area (Å²) in [6.07, 6.45) is 0. The Labute approximate surface area is 120 Å². The van der Waals surface area contributed by atoms with Crippen molar-refractivity contribution in [1.82, 2.24) is 5.32 Å². The van der Waals surface area contributed by atoms with E-state index in [-0.39, 0.29) is 17.6 Å². The molecule has 0 saturated heterocycles. The van der Waals surface area contributed by atoms with Gasteiger partial charge in [0, 0.05) is 5.69 Å². The van der Waals surface area contributed by atoms with Gasteiger partial charge < -0.3 is 10.4 Å². The summed E-state index contributed by atoms with van der Waals surface area (Å²) in [6.45, 7) is -0.0379. The van der Waals surface area contributed by atoms with Crippen molar-refractivity contribution in [3.05, 3.63) is 52.2 Å². The summed E-state index contributed by atoms with van der Waals surface area (Å²) in [4.78, 5) is 12.4. The second-order valence-corrected chi connectivity index (χ2v) is 5.10. The third kappa shape index (κ3) is 3.85. The number of rotatable bonds is 3. The van der Waals surface area contributed by atoms with Crippen molar-refractivity contribution in [1.29, 1.82) is 0 Å². The number of thiophene rings is 1. The van der Waals surface area contributed by atoms with E-state index < -0.39 is 0 Å². The third-order valence-corrected chi connectivity index (χ3v) is 3.41. The highest BCUT2D eigenvalue weighted by molar-refractivity contribution is 7.80. The lowest BCUT2D eigenvalue weighted by Crippen LogP contribution is -2.33. The van der Waals surface area contributed by atoms with Gasteiger partial charge in [-0.25, -0.2) is 0 Å². The Morgan fingerprint density at radius 1 is 1.32 bits per heavy atom. The van der Waals surface area contributed by atoms with Crippen LogP contribution in [0.4, 0.5) is 5.69 Å². The molecule has 0 aliphatic heterocycles. The molecule has 3 N–H and O–H groups in total. The Hall–Kier alpha value is -1.76. The summed E-state index contributed by atoms with van der Waals surface area (Å²) in [6, 6.07) is 10.7. The van der Waals surface area contributed by atoms with Gasteiger partial charge in [0.2, 0.25) is 0 Å². The third-order valence-electron chi connectivity index (χ3n) is 2.34. The smallest absolute Gasteiger partial charge is 0.267 e. The summed E-state index contributed by atoms with van der Waals surface area (Å²) < 4.78 is 0. The van der Waals surface area contributed by atoms with Gasteiger partial charge in [0.1, 0.15) is 0 Å². The summed E-state index contributed by atoms with van der Waals surface area (Å²) >= 11 is 6.42. The van der Waals surface area contributed by atoms with E-state index >= 15 is 0 Å². The van der Waals surface area contributed by atoms with E-state index in [0.717, 1.165) is 11.3 Å². The van der Waals surface area contributed by atoms with Crippen LogP contribution in [0.5, 0.6) is 0 Å². The summed E-state index contributed by atoms with van der Waals surface area (Å²) in [5.41, 5.74) is 1.50. The first-order valence-electron chi connectivity index (χ1n) is 5.54. The fourth-order valence-corrected chi connectivity index (χ4v) is 2.31. The molecule has 2 aromatic rings. The van der Waals surface area contributed by atoms with E-state index in [4.69, 9.17) is 17.3 Å². The number of aliphatic hydroxyl groups excluding tert-OH is 1. The van der Waals surface area contributed by atoms with E-state index in [2.05, 4.69) is 10.6 Å². The van der Waals surface area contributed by atoms with Gasteiger partial charge in [-0.2, -0.15) is 0 Å². The maximum Gasteiger partial charge on any atom is 0.267 e. The number of carbonyl (C=O) groups excluding carboxylic acids is 1. The van der Waals surface area contributed by atoms with Crippen LogP contribution in [0, 0.1) is 0 Å². The van der Waals surface area contributed by atoms with E-state index in [9.17, 15) is 4.79 Å².